The molecule has 31 heavy (non-hydrogen) atoms. The van der Waals surface area contributed by atoms with E-state index in [0.29, 0.717) is 0 Å². The molecule has 0 unspecified atom stereocenters. The molecule has 0 aliphatic heterocycles. The number of nitrogens with zero attached hydrogens (tertiary/aromatic N) is 1. The number of rotatable bonds is 13. The molecule has 0 atom stereocenters. The maximum absolute atomic E-state index is 4.64. The van der Waals surface area contributed by atoms with Crippen LogP contribution in [0.15, 0.2) is 66.9 Å². The quantitative estimate of drug-likeness (QED) is 0.256. The van der Waals surface area contributed by atoms with Gasteiger partial charge in [-0.3, -0.25) is 4.98 Å². The van der Waals surface area contributed by atoms with Crippen molar-refractivity contribution in [2.24, 2.45) is 0 Å². The van der Waals surface area contributed by atoms with E-state index in [0.717, 1.165) is 31.4 Å². The molecule has 0 N–H and O–H groups in total. The van der Waals surface area contributed by atoms with Gasteiger partial charge < -0.3 is 0 Å². The van der Waals surface area contributed by atoms with Gasteiger partial charge in [-0.05, 0) is 60.4 Å². The average molecular weight is 414 g/mol. The zero-order valence-corrected chi connectivity index (χ0v) is 19.6. The Morgan fingerprint density at radius 1 is 0.484 bits per heavy atom. The summed E-state index contributed by atoms with van der Waals surface area (Å²) in [6, 6.07) is 22.6. The van der Waals surface area contributed by atoms with Crippen LogP contribution in [0.1, 0.15) is 81.0 Å². The van der Waals surface area contributed by atoms with Crippen molar-refractivity contribution >= 4 is 0 Å². The Bertz CT molecular complexity index is 860. The summed E-state index contributed by atoms with van der Waals surface area (Å²) in [6.45, 7) is 4.48. The Hall–Kier alpha value is -2.41. The number of benzene rings is 2. The molecule has 0 aliphatic rings. The lowest BCUT2D eigenvalue weighted by molar-refractivity contribution is 0.607. The molecule has 0 spiro atoms. The first-order valence-corrected chi connectivity index (χ1v) is 12.4. The first-order chi connectivity index (χ1) is 15.3. The topological polar surface area (TPSA) is 12.9 Å². The van der Waals surface area contributed by atoms with E-state index in [2.05, 4.69) is 79.5 Å². The van der Waals surface area contributed by atoms with Crippen LogP contribution in [0, 0.1) is 0 Å². The van der Waals surface area contributed by atoms with Crippen molar-refractivity contribution < 1.29 is 0 Å². The normalized spacial score (nSPS) is 11.0. The lowest BCUT2D eigenvalue weighted by Gasteiger charge is -2.07. The van der Waals surface area contributed by atoms with Gasteiger partial charge in [0.25, 0.3) is 0 Å². The second-order valence-corrected chi connectivity index (χ2v) is 8.83. The second kappa shape index (κ2) is 13.1. The summed E-state index contributed by atoms with van der Waals surface area (Å²) in [5.74, 6) is 0. The van der Waals surface area contributed by atoms with Crippen molar-refractivity contribution in [2.45, 2.75) is 84.5 Å². The molecule has 1 heterocycles. The predicted octanol–water partition coefficient (Wildman–Crippen LogP) is 8.39. The molecule has 2 aromatic carbocycles. The van der Waals surface area contributed by atoms with Crippen LogP contribution in [0.3, 0.4) is 0 Å². The fourth-order valence-electron chi connectivity index (χ4n) is 4.14. The first-order valence-electron chi connectivity index (χ1n) is 12.4. The Morgan fingerprint density at radius 2 is 1.03 bits per heavy atom. The van der Waals surface area contributed by atoms with Crippen molar-refractivity contribution in [1.82, 2.24) is 4.98 Å². The number of unbranched alkanes of at least 4 members (excludes halogenated alkanes) is 5. The van der Waals surface area contributed by atoms with Gasteiger partial charge in [0.15, 0.2) is 0 Å². The molecule has 1 heteroatoms. The van der Waals surface area contributed by atoms with Gasteiger partial charge in [-0.15, -0.1) is 0 Å². The number of aryl methyl sites for hydroxylation is 4. The van der Waals surface area contributed by atoms with E-state index >= 15 is 0 Å². The largest absolute Gasteiger partial charge is 0.256 e. The zero-order chi connectivity index (χ0) is 21.7. The van der Waals surface area contributed by atoms with Gasteiger partial charge in [-0.25, -0.2) is 0 Å². The van der Waals surface area contributed by atoms with Crippen LogP contribution in [0.4, 0.5) is 0 Å². The van der Waals surface area contributed by atoms with Gasteiger partial charge in [0.2, 0.25) is 0 Å². The highest BCUT2D eigenvalue weighted by Gasteiger charge is 2.02. The van der Waals surface area contributed by atoms with Gasteiger partial charge in [-0.1, -0.05) is 107 Å². The molecule has 164 valence electrons. The van der Waals surface area contributed by atoms with E-state index < -0.39 is 0 Å². The Balaban J connectivity index is 1.43. The molecule has 1 nitrogen and oxygen atoms in total. The third kappa shape index (κ3) is 7.98. The molecule has 0 amide bonds. The van der Waals surface area contributed by atoms with E-state index in [1.54, 1.807) is 0 Å². The van der Waals surface area contributed by atoms with Crippen LogP contribution in [-0.4, -0.2) is 4.98 Å². The van der Waals surface area contributed by atoms with Crippen LogP contribution >= 0.6 is 0 Å². The third-order valence-corrected chi connectivity index (χ3v) is 6.16. The fraction of sp³-hybridized carbons (Fsp3) is 0.433. The van der Waals surface area contributed by atoms with Gasteiger partial charge in [0.1, 0.15) is 0 Å². The lowest BCUT2D eigenvalue weighted by atomic mass is 9.99. The standard InChI is InChI=1S/C30H39N/c1-3-5-6-7-8-9-11-25-12-14-26(15-13-25)16-17-27-18-21-29(22-19-27)30-23-20-28(10-4-2)24-31-30/h12-15,18-24H,3-11,16-17H2,1-2H3. The molecule has 0 radical (unpaired) electrons. The van der Waals surface area contributed by atoms with E-state index in [4.69, 9.17) is 0 Å². The predicted molar refractivity (Wildman–Crippen MR) is 135 cm³/mol. The molecule has 0 aliphatic carbocycles. The minimum atomic E-state index is 1.06. The van der Waals surface area contributed by atoms with Crippen molar-refractivity contribution in [1.29, 1.82) is 0 Å². The zero-order valence-electron chi connectivity index (χ0n) is 19.6. The van der Waals surface area contributed by atoms with Crippen LogP contribution in [0.2, 0.25) is 0 Å². The molecule has 3 rings (SSSR count). The van der Waals surface area contributed by atoms with E-state index in [9.17, 15) is 0 Å². The Morgan fingerprint density at radius 3 is 1.61 bits per heavy atom. The highest BCUT2D eigenvalue weighted by Crippen LogP contribution is 2.19. The number of pyridine rings is 1. The van der Waals surface area contributed by atoms with Gasteiger partial charge >= 0.3 is 0 Å². The van der Waals surface area contributed by atoms with Crippen molar-refractivity contribution in [3.63, 3.8) is 0 Å². The van der Waals surface area contributed by atoms with E-state index in [1.807, 2.05) is 6.20 Å². The lowest BCUT2D eigenvalue weighted by Crippen LogP contribution is -1.93. The summed E-state index contributed by atoms with van der Waals surface area (Å²) < 4.78 is 0. The van der Waals surface area contributed by atoms with Crippen LogP contribution in [-0.2, 0) is 25.7 Å². The van der Waals surface area contributed by atoms with Gasteiger partial charge in [0.05, 0.1) is 5.69 Å². The first kappa shape index (κ1) is 23.3. The molecule has 0 fully saturated rings. The van der Waals surface area contributed by atoms with E-state index in [-0.39, 0.29) is 0 Å². The second-order valence-electron chi connectivity index (χ2n) is 8.83. The Labute approximate surface area is 190 Å². The monoisotopic (exact) mass is 413 g/mol. The average Bonchev–Trinajstić information content (AvgIpc) is 2.82. The maximum Gasteiger partial charge on any atom is 0.0702 e. The van der Waals surface area contributed by atoms with Gasteiger partial charge in [-0.2, -0.15) is 0 Å². The summed E-state index contributed by atoms with van der Waals surface area (Å²) >= 11 is 0. The summed E-state index contributed by atoms with van der Waals surface area (Å²) in [7, 11) is 0. The highest BCUT2D eigenvalue weighted by atomic mass is 14.7. The summed E-state index contributed by atoms with van der Waals surface area (Å²) in [4.78, 5) is 4.64. The fourth-order valence-corrected chi connectivity index (χ4v) is 4.14. The third-order valence-electron chi connectivity index (χ3n) is 6.16. The minimum absolute atomic E-state index is 1.06. The molecule has 3 aromatic rings. The molecule has 0 saturated heterocycles. The van der Waals surface area contributed by atoms with Gasteiger partial charge in [0, 0.05) is 11.8 Å². The number of aromatic nitrogens is 1. The molecule has 1 aromatic heterocycles. The number of hydrogen-bond acceptors (Lipinski definition) is 1. The highest BCUT2D eigenvalue weighted by molar-refractivity contribution is 5.59. The molecule has 0 saturated carbocycles. The smallest absolute Gasteiger partial charge is 0.0702 e. The minimum Gasteiger partial charge on any atom is -0.256 e. The molecular weight excluding hydrogens is 374 g/mol. The van der Waals surface area contributed by atoms with E-state index in [1.165, 1.54) is 72.8 Å². The molecular formula is C30H39N. The summed E-state index contributed by atoms with van der Waals surface area (Å²) in [5, 5.41) is 0. The maximum atomic E-state index is 4.64. The molecule has 0 bridgehead atoms. The summed E-state index contributed by atoms with van der Waals surface area (Å²) in [5.41, 5.74) is 7.89. The van der Waals surface area contributed by atoms with Crippen molar-refractivity contribution in [3.05, 3.63) is 89.1 Å². The SMILES string of the molecule is CCCCCCCCc1ccc(CCc2ccc(-c3ccc(CCC)cn3)cc2)cc1. The van der Waals surface area contributed by atoms with Crippen LogP contribution in [0.25, 0.3) is 11.3 Å². The Kier molecular flexibility index (Phi) is 9.83. The van der Waals surface area contributed by atoms with Crippen molar-refractivity contribution in [2.75, 3.05) is 0 Å². The van der Waals surface area contributed by atoms with Crippen molar-refractivity contribution in [3.8, 4) is 11.3 Å². The van der Waals surface area contributed by atoms with Crippen LogP contribution in [0.5, 0.6) is 0 Å². The van der Waals surface area contributed by atoms with Crippen LogP contribution < -0.4 is 0 Å². The number of hydrogen-bond donors (Lipinski definition) is 0. The summed E-state index contributed by atoms with van der Waals surface area (Å²) in [6.07, 6.45) is 15.9.